The molecule has 0 amide bonds. The van der Waals surface area contributed by atoms with Crippen LogP contribution in [0.1, 0.15) is 36.7 Å². The van der Waals surface area contributed by atoms with Gasteiger partial charge in [0, 0.05) is 11.4 Å². The highest BCUT2D eigenvalue weighted by Gasteiger charge is 2.17. The molecule has 9 heteroatoms. The molecule has 30 heavy (non-hydrogen) atoms. The summed E-state index contributed by atoms with van der Waals surface area (Å²) in [4.78, 5) is 0. The number of nitrogens with one attached hydrogen (secondary N) is 1. The summed E-state index contributed by atoms with van der Waals surface area (Å²) in [6.07, 6.45) is 1.42. The first kappa shape index (κ1) is 22.5. The van der Waals surface area contributed by atoms with Crippen molar-refractivity contribution in [3.8, 4) is 5.69 Å². The van der Waals surface area contributed by atoms with E-state index in [9.17, 15) is 12.8 Å². The second kappa shape index (κ2) is 10.2. The highest BCUT2D eigenvalue weighted by Crippen LogP contribution is 2.25. The van der Waals surface area contributed by atoms with E-state index in [2.05, 4.69) is 14.9 Å². The fourth-order valence-corrected chi connectivity index (χ4v) is 4.86. The average Bonchev–Trinajstić information content (AvgIpc) is 3.14. The molecule has 0 aliphatic rings. The Morgan fingerprint density at radius 2 is 1.77 bits per heavy atom. The number of hydrogen-bond acceptors (Lipinski definition) is 5. The van der Waals surface area contributed by atoms with Crippen molar-refractivity contribution in [3.05, 3.63) is 71.3 Å². The molecule has 6 nitrogen and oxygen atoms in total. The van der Waals surface area contributed by atoms with Crippen molar-refractivity contribution < 1.29 is 12.8 Å². The molecule has 0 spiro atoms. The Kier molecular flexibility index (Phi) is 7.63. The van der Waals surface area contributed by atoms with E-state index in [1.807, 2.05) is 42.7 Å². The van der Waals surface area contributed by atoms with Crippen molar-refractivity contribution in [2.24, 2.45) is 0 Å². The Morgan fingerprint density at radius 3 is 2.43 bits per heavy atom. The predicted octanol–water partition coefficient (Wildman–Crippen LogP) is 4.23. The second-order valence-electron chi connectivity index (χ2n) is 6.98. The van der Waals surface area contributed by atoms with E-state index >= 15 is 0 Å². The van der Waals surface area contributed by atoms with E-state index in [0.29, 0.717) is 23.2 Å². The molecular weight excluding hydrogens is 423 g/mol. The zero-order valence-corrected chi connectivity index (χ0v) is 18.6. The number of aryl methyl sites for hydroxylation is 1. The van der Waals surface area contributed by atoms with Gasteiger partial charge in [0.2, 0.25) is 10.0 Å². The van der Waals surface area contributed by atoms with Crippen molar-refractivity contribution in [2.75, 3.05) is 5.75 Å². The minimum absolute atomic E-state index is 0.0596. The molecule has 0 unspecified atom stereocenters. The molecule has 3 aromatic rings. The van der Waals surface area contributed by atoms with E-state index in [0.717, 1.165) is 23.2 Å². The van der Waals surface area contributed by atoms with Gasteiger partial charge in [-0.25, -0.2) is 17.5 Å². The van der Waals surface area contributed by atoms with E-state index in [1.54, 1.807) is 12.1 Å². The minimum Gasteiger partial charge on any atom is -0.273 e. The number of sulfonamides is 1. The highest BCUT2D eigenvalue weighted by atomic mass is 32.2. The summed E-state index contributed by atoms with van der Waals surface area (Å²) in [6, 6.07) is 14.2. The largest absolute Gasteiger partial charge is 0.273 e. The average molecular weight is 449 g/mol. The Hall–Kier alpha value is -2.23. The summed E-state index contributed by atoms with van der Waals surface area (Å²) in [5.41, 5.74) is 2.94. The van der Waals surface area contributed by atoms with Crippen molar-refractivity contribution >= 4 is 21.8 Å². The molecule has 0 saturated carbocycles. The third-order valence-electron chi connectivity index (χ3n) is 4.49. The first-order valence-corrected chi connectivity index (χ1v) is 12.4. The third kappa shape index (κ3) is 6.13. The summed E-state index contributed by atoms with van der Waals surface area (Å²) in [5, 5.41) is 9.15. The van der Waals surface area contributed by atoms with Crippen LogP contribution in [0.5, 0.6) is 0 Å². The van der Waals surface area contributed by atoms with Gasteiger partial charge in [0.25, 0.3) is 0 Å². The number of halogens is 1. The topological polar surface area (TPSA) is 76.9 Å². The minimum atomic E-state index is -3.37. The van der Waals surface area contributed by atoms with Crippen LogP contribution in [-0.4, -0.2) is 28.9 Å². The summed E-state index contributed by atoms with van der Waals surface area (Å²) in [5.74, 6) is 0.922. The highest BCUT2D eigenvalue weighted by molar-refractivity contribution is 7.98. The molecular formula is C21H25FN4O2S2. The SMILES string of the molecule is CCCCS(=O)(=O)NCc1nnc(SCc2ccc(F)cc2)n1-c1ccc(C)cc1. The van der Waals surface area contributed by atoms with Crippen LogP contribution in [0.25, 0.3) is 5.69 Å². The molecule has 160 valence electrons. The van der Waals surface area contributed by atoms with Gasteiger partial charge in [-0.2, -0.15) is 0 Å². The van der Waals surface area contributed by atoms with Gasteiger partial charge >= 0.3 is 0 Å². The van der Waals surface area contributed by atoms with Crippen LogP contribution in [0.3, 0.4) is 0 Å². The number of rotatable bonds is 10. The maximum Gasteiger partial charge on any atom is 0.212 e. The summed E-state index contributed by atoms with van der Waals surface area (Å²) >= 11 is 1.46. The van der Waals surface area contributed by atoms with Crippen molar-refractivity contribution in [2.45, 2.75) is 44.1 Å². The summed E-state index contributed by atoms with van der Waals surface area (Å²) < 4.78 is 42.0. The summed E-state index contributed by atoms with van der Waals surface area (Å²) in [6.45, 7) is 4.01. The van der Waals surface area contributed by atoms with Crippen LogP contribution >= 0.6 is 11.8 Å². The zero-order chi connectivity index (χ0) is 21.6. The van der Waals surface area contributed by atoms with Gasteiger partial charge in [0.1, 0.15) is 5.82 Å². The normalized spacial score (nSPS) is 11.7. The van der Waals surface area contributed by atoms with Crippen molar-refractivity contribution in [3.63, 3.8) is 0 Å². The first-order chi connectivity index (χ1) is 14.4. The predicted molar refractivity (Wildman–Crippen MR) is 118 cm³/mol. The van der Waals surface area contributed by atoms with Gasteiger partial charge in [0.15, 0.2) is 11.0 Å². The summed E-state index contributed by atoms with van der Waals surface area (Å²) in [7, 11) is -3.37. The van der Waals surface area contributed by atoms with Crippen molar-refractivity contribution in [1.82, 2.24) is 19.5 Å². The number of nitrogens with zero attached hydrogens (tertiary/aromatic N) is 3. The Labute approximate surface area is 181 Å². The van der Waals surface area contributed by atoms with E-state index in [-0.39, 0.29) is 18.1 Å². The Bertz CT molecular complexity index is 1070. The second-order valence-corrected chi connectivity index (χ2v) is 9.85. The molecule has 0 aliphatic carbocycles. The standard InChI is InChI=1S/C21H25FN4O2S2/c1-3-4-13-30(27,28)23-14-20-24-25-21(26(20)19-11-5-16(2)6-12-19)29-15-17-7-9-18(22)10-8-17/h5-12,23H,3-4,13-15H2,1-2H3. The lowest BCUT2D eigenvalue weighted by atomic mass is 10.2. The zero-order valence-electron chi connectivity index (χ0n) is 17.0. The van der Waals surface area contributed by atoms with Gasteiger partial charge in [-0.15, -0.1) is 10.2 Å². The van der Waals surface area contributed by atoms with Crippen LogP contribution in [-0.2, 0) is 22.3 Å². The smallest absolute Gasteiger partial charge is 0.212 e. The molecule has 1 aromatic heterocycles. The molecule has 0 aliphatic heterocycles. The maximum atomic E-state index is 13.1. The van der Waals surface area contributed by atoms with Crippen LogP contribution in [0.4, 0.5) is 4.39 Å². The molecule has 0 fully saturated rings. The van der Waals surface area contributed by atoms with Crippen LogP contribution < -0.4 is 4.72 Å². The number of thioether (sulfide) groups is 1. The quantitative estimate of drug-likeness (QED) is 0.470. The number of hydrogen-bond donors (Lipinski definition) is 1. The third-order valence-corrected chi connectivity index (χ3v) is 6.90. The van der Waals surface area contributed by atoms with E-state index in [1.165, 1.54) is 23.9 Å². The van der Waals surface area contributed by atoms with Crippen LogP contribution in [0.15, 0.2) is 53.7 Å². The van der Waals surface area contributed by atoms with Gasteiger partial charge in [-0.3, -0.25) is 4.57 Å². The number of unbranched alkanes of at least 4 members (excludes halogenated alkanes) is 1. The lowest BCUT2D eigenvalue weighted by Crippen LogP contribution is -2.27. The van der Waals surface area contributed by atoms with Gasteiger partial charge < -0.3 is 0 Å². The number of aromatic nitrogens is 3. The molecule has 1 heterocycles. The molecule has 0 atom stereocenters. The van der Waals surface area contributed by atoms with Gasteiger partial charge in [0.05, 0.1) is 12.3 Å². The fraction of sp³-hybridized carbons (Fsp3) is 0.333. The Morgan fingerprint density at radius 1 is 1.07 bits per heavy atom. The maximum absolute atomic E-state index is 13.1. The molecule has 3 rings (SSSR count). The van der Waals surface area contributed by atoms with E-state index in [4.69, 9.17) is 0 Å². The molecule has 0 saturated heterocycles. The number of benzene rings is 2. The van der Waals surface area contributed by atoms with Crippen LogP contribution in [0.2, 0.25) is 0 Å². The molecule has 1 N–H and O–H groups in total. The molecule has 2 aromatic carbocycles. The molecule has 0 radical (unpaired) electrons. The monoisotopic (exact) mass is 448 g/mol. The van der Waals surface area contributed by atoms with Gasteiger partial charge in [-0.05, 0) is 43.2 Å². The molecule has 0 bridgehead atoms. The first-order valence-electron chi connectivity index (χ1n) is 9.74. The van der Waals surface area contributed by atoms with E-state index < -0.39 is 10.0 Å². The van der Waals surface area contributed by atoms with Crippen molar-refractivity contribution in [1.29, 1.82) is 0 Å². The van der Waals surface area contributed by atoms with Crippen LogP contribution in [0, 0.1) is 12.7 Å². The lowest BCUT2D eigenvalue weighted by molar-refractivity contribution is 0.575. The van der Waals surface area contributed by atoms with Gasteiger partial charge in [-0.1, -0.05) is 54.9 Å². The Balaban J connectivity index is 1.83. The fourth-order valence-electron chi connectivity index (χ4n) is 2.77. The lowest BCUT2D eigenvalue weighted by Gasteiger charge is -2.11.